The molecule has 0 heterocycles. The van der Waals surface area contributed by atoms with Crippen LogP contribution in [0.25, 0.3) is 6.08 Å². The number of carbonyl (C=O) groups is 2. The number of unbranched alkanes of at least 4 members (excludes halogenated alkanes) is 9. The van der Waals surface area contributed by atoms with Crippen LogP contribution in [0.1, 0.15) is 95.1 Å². The predicted octanol–water partition coefficient (Wildman–Crippen LogP) is 4.69. The maximum absolute atomic E-state index is 12.7. The van der Waals surface area contributed by atoms with E-state index in [0.29, 0.717) is 17.7 Å². The summed E-state index contributed by atoms with van der Waals surface area (Å²) in [4.78, 5) is 23.8. The molecule has 0 aliphatic rings. The van der Waals surface area contributed by atoms with Crippen LogP contribution in [0.4, 0.5) is 0 Å². The summed E-state index contributed by atoms with van der Waals surface area (Å²) in [5, 5.41) is 13.2. The van der Waals surface area contributed by atoms with E-state index < -0.39 is 17.9 Å². The summed E-state index contributed by atoms with van der Waals surface area (Å²) in [7, 11) is 0. The number of primary amides is 1. The van der Waals surface area contributed by atoms with Gasteiger partial charge in [0.15, 0.2) is 0 Å². The van der Waals surface area contributed by atoms with Crippen LogP contribution in [0, 0.1) is 0 Å². The van der Waals surface area contributed by atoms with E-state index in [1.54, 1.807) is 25.1 Å². The molecule has 168 valence electrons. The van der Waals surface area contributed by atoms with Gasteiger partial charge in [0.1, 0.15) is 0 Å². The van der Waals surface area contributed by atoms with Crippen molar-refractivity contribution in [1.82, 2.24) is 5.32 Å². The number of hydrogen-bond acceptors (Lipinski definition) is 3. The number of rotatable bonds is 16. The van der Waals surface area contributed by atoms with Crippen LogP contribution in [0.5, 0.6) is 0 Å². The fourth-order valence-corrected chi connectivity index (χ4v) is 3.67. The van der Waals surface area contributed by atoms with Gasteiger partial charge in [0, 0.05) is 12.6 Å². The van der Waals surface area contributed by atoms with Crippen molar-refractivity contribution in [2.75, 3.05) is 6.54 Å². The highest BCUT2D eigenvalue weighted by Crippen LogP contribution is 2.25. The van der Waals surface area contributed by atoms with Gasteiger partial charge >= 0.3 is 0 Å². The molecule has 5 heteroatoms. The molecular formula is C25H40N2O3. The minimum atomic E-state index is -0.846. The van der Waals surface area contributed by atoms with E-state index in [9.17, 15) is 14.7 Å². The van der Waals surface area contributed by atoms with Crippen LogP contribution in [0.3, 0.4) is 0 Å². The largest absolute Gasteiger partial charge is 0.392 e. The first-order valence-corrected chi connectivity index (χ1v) is 11.5. The minimum Gasteiger partial charge on any atom is -0.392 e. The third kappa shape index (κ3) is 10.6. The molecule has 0 saturated carbocycles. The molecule has 0 aromatic heterocycles. The van der Waals surface area contributed by atoms with Crippen molar-refractivity contribution in [3.8, 4) is 0 Å². The van der Waals surface area contributed by atoms with Gasteiger partial charge in [-0.05, 0) is 30.5 Å². The number of carbonyl (C=O) groups excluding carboxylic acids is 2. The van der Waals surface area contributed by atoms with E-state index in [1.165, 1.54) is 57.4 Å². The molecule has 1 aromatic rings. The summed E-state index contributed by atoms with van der Waals surface area (Å²) in [5.41, 5.74) is 6.57. The number of amides is 2. The van der Waals surface area contributed by atoms with Crippen molar-refractivity contribution in [3.63, 3.8) is 0 Å². The number of aliphatic hydroxyl groups is 1. The van der Waals surface area contributed by atoms with Gasteiger partial charge in [-0.1, -0.05) is 89.0 Å². The molecule has 0 radical (unpaired) electrons. The monoisotopic (exact) mass is 416 g/mol. The van der Waals surface area contributed by atoms with E-state index in [2.05, 4.69) is 12.2 Å². The summed E-state index contributed by atoms with van der Waals surface area (Å²) >= 11 is 0. The maximum Gasteiger partial charge on any atom is 0.241 e. The lowest BCUT2D eigenvalue weighted by atomic mass is 9.89. The molecule has 2 amide bonds. The summed E-state index contributed by atoms with van der Waals surface area (Å²) in [6.07, 6.45) is 14.5. The highest BCUT2D eigenvalue weighted by atomic mass is 16.3. The Morgan fingerprint density at radius 1 is 1.00 bits per heavy atom. The molecule has 4 N–H and O–H groups in total. The Morgan fingerprint density at radius 3 is 2.13 bits per heavy atom. The van der Waals surface area contributed by atoms with Crippen LogP contribution in [-0.2, 0) is 9.59 Å². The van der Waals surface area contributed by atoms with Gasteiger partial charge in [-0.2, -0.15) is 0 Å². The third-order valence-electron chi connectivity index (χ3n) is 5.35. The van der Waals surface area contributed by atoms with Gasteiger partial charge < -0.3 is 16.2 Å². The summed E-state index contributed by atoms with van der Waals surface area (Å²) in [6, 6.07) is 7.25. The zero-order chi connectivity index (χ0) is 22.2. The van der Waals surface area contributed by atoms with Gasteiger partial charge in [0.05, 0.1) is 12.0 Å². The molecule has 0 spiro atoms. The number of benzene rings is 1. The predicted molar refractivity (Wildman–Crippen MR) is 124 cm³/mol. The maximum atomic E-state index is 12.7. The summed E-state index contributed by atoms with van der Waals surface area (Å²) in [5.74, 6) is -1.44. The fraction of sp³-hybridized carbons (Fsp3) is 0.600. The molecule has 1 aromatic carbocycles. The molecule has 0 bridgehead atoms. The van der Waals surface area contributed by atoms with Crippen molar-refractivity contribution in [3.05, 3.63) is 41.5 Å². The first-order valence-electron chi connectivity index (χ1n) is 11.5. The third-order valence-corrected chi connectivity index (χ3v) is 5.35. The Bertz CT molecular complexity index is 656. The average molecular weight is 417 g/mol. The lowest BCUT2D eigenvalue weighted by Gasteiger charge is -2.21. The van der Waals surface area contributed by atoms with E-state index in [0.717, 1.165) is 12.8 Å². The second-order valence-corrected chi connectivity index (χ2v) is 8.06. The zero-order valence-electron chi connectivity index (χ0n) is 18.7. The molecule has 0 saturated heterocycles. The zero-order valence-corrected chi connectivity index (χ0v) is 18.7. The van der Waals surface area contributed by atoms with E-state index in [-0.39, 0.29) is 5.91 Å². The van der Waals surface area contributed by atoms with Gasteiger partial charge in [-0.3, -0.25) is 9.59 Å². The van der Waals surface area contributed by atoms with Crippen LogP contribution in [-0.4, -0.2) is 29.6 Å². The van der Waals surface area contributed by atoms with Gasteiger partial charge in [-0.15, -0.1) is 0 Å². The standard InChI is InChI=1S/C25H40N2O3/c1-3-4-5-6-7-8-9-10-11-14-19-27-25(30)24(20(2)28)22-16-13-12-15-21(22)17-18-23(26)29/h12-13,15-18,20,24,28H,3-11,14,19H2,1-2H3,(H2,26,29)(H,27,30)/t20-,24-/m1/s1. The molecule has 0 aliphatic carbocycles. The van der Waals surface area contributed by atoms with Crippen molar-refractivity contribution >= 4 is 17.9 Å². The van der Waals surface area contributed by atoms with Crippen LogP contribution >= 0.6 is 0 Å². The highest BCUT2D eigenvalue weighted by Gasteiger charge is 2.26. The van der Waals surface area contributed by atoms with Crippen LogP contribution in [0.2, 0.25) is 0 Å². The average Bonchev–Trinajstić information content (AvgIpc) is 2.71. The highest BCUT2D eigenvalue weighted by molar-refractivity contribution is 5.91. The van der Waals surface area contributed by atoms with Crippen molar-refractivity contribution in [1.29, 1.82) is 0 Å². The SMILES string of the molecule is CCCCCCCCCCCCNC(=O)[C@@H](c1ccccc1C=CC(N)=O)[C@@H](C)O. The van der Waals surface area contributed by atoms with E-state index in [4.69, 9.17) is 5.73 Å². The Kier molecular flexibility index (Phi) is 13.5. The molecule has 5 nitrogen and oxygen atoms in total. The summed E-state index contributed by atoms with van der Waals surface area (Å²) < 4.78 is 0. The Morgan fingerprint density at radius 2 is 1.57 bits per heavy atom. The van der Waals surface area contributed by atoms with E-state index in [1.807, 2.05) is 12.1 Å². The van der Waals surface area contributed by atoms with Crippen molar-refractivity contribution < 1.29 is 14.7 Å². The first-order chi connectivity index (χ1) is 14.5. The second kappa shape index (κ2) is 15.7. The van der Waals surface area contributed by atoms with Crippen molar-refractivity contribution in [2.24, 2.45) is 5.73 Å². The lowest BCUT2D eigenvalue weighted by Crippen LogP contribution is -2.35. The van der Waals surface area contributed by atoms with Crippen LogP contribution < -0.4 is 11.1 Å². The van der Waals surface area contributed by atoms with Gasteiger partial charge in [-0.25, -0.2) is 0 Å². The summed E-state index contributed by atoms with van der Waals surface area (Å²) in [6.45, 7) is 4.46. The Balaban J connectivity index is 2.43. The molecule has 30 heavy (non-hydrogen) atoms. The molecule has 1 rings (SSSR count). The van der Waals surface area contributed by atoms with E-state index >= 15 is 0 Å². The Labute approximate surface area is 182 Å². The number of nitrogens with one attached hydrogen (secondary N) is 1. The smallest absolute Gasteiger partial charge is 0.241 e. The number of hydrogen-bond donors (Lipinski definition) is 3. The van der Waals surface area contributed by atoms with Gasteiger partial charge in [0.2, 0.25) is 11.8 Å². The molecular weight excluding hydrogens is 376 g/mol. The fourth-order valence-electron chi connectivity index (χ4n) is 3.67. The lowest BCUT2D eigenvalue weighted by molar-refractivity contribution is -0.124. The molecule has 0 unspecified atom stereocenters. The first kappa shape index (κ1) is 25.9. The van der Waals surface area contributed by atoms with Crippen LogP contribution in [0.15, 0.2) is 30.3 Å². The minimum absolute atomic E-state index is 0.194. The number of aliphatic hydroxyl groups excluding tert-OH is 1. The van der Waals surface area contributed by atoms with Crippen molar-refractivity contribution in [2.45, 2.75) is 90.1 Å². The normalized spacial score (nSPS) is 13.3. The topological polar surface area (TPSA) is 92.4 Å². The second-order valence-electron chi connectivity index (χ2n) is 8.06. The quantitative estimate of drug-likeness (QED) is 0.270. The van der Waals surface area contributed by atoms with Gasteiger partial charge in [0.25, 0.3) is 0 Å². The number of nitrogens with two attached hydrogens (primary N) is 1. The molecule has 0 fully saturated rings. The Hall–Kier alpha value is -2.14. The molecule has 0 aliphatic heterocycles. The molecule has 2 atom stereocenters.